The Balaban J connectivity index is -0.000000110. The zero-order valence-electron chi connectivity index (χ0n) is 14.8. The summed E-state index contributed by atoms with van der Waals surface area (Å²) >= 11 is 5.38. The molecule has 0 atom stereocenters. The average molecular weight is 370 g/mol. The van der Waals surface area contributed by atoms with Gasteiger partial charge in [0.05, 0.1) is 0 Å². The van der Waals surface area contributed by atoms with E-state index in [-0.39, 0.29) is 0 Å². The van der Waals surface area contributed by atoms with Gasteiger partial charge in [0, 0.05) is 0 Å². The first-order valence-corrected chi connectivity index (χ1v) is 7.18. The number of carboxylic acid groups (broad SMARTS) is 4. The van der Waals surface area contributed by atoms with Crippen LogP contribution in [0.15, 0.2) is 12.1 Å². The normalized spacial score (nSPS) is 8.04. The maximum Gasteiger partial charge on any atom is 0.503 e. The van der Waals surface area contributed by atoms with Crippen LogP contribution in [-0.4, -0.2) is 42.9 Å². The third-order valence-corrected chi connectivity index (χ3v) is 0.854. The van der Waals surface area contributed by atoms with Crippen LogP contribution in [0.25, 0.3) is 0 Å². The molecule has 6 N–H and O–H groups in total. The summed E-state index contributed by atoms with van der Waals surface area (Å²) in [6.45, 7) is 13.0. The molecule has 0 aromatic carbocycles. The number of hydrogen-bond acceptors (Lipinski definition) is 5. The molecule has 0 aliphatic carbocycles. The van der Waals surface area contributed by atoms with Crippen molar-refractivity contribution in [1.29, 1.82) is 0 Å². The molecule has 0 saturated heterocycles. The second kappa shape index (κ2) is 20.7. The molecule has 9 nitrogen and oxygen atoms in total. The first kappa shape index (κ1) is 29.7. The number of aromatic nitrogens is 2. The number of nitrogen functional groups attached to an aromatic ring is 1. The zero-order valence-corrected chi connectivity index (χ0v) is 15.5. The fourth-order valence-corrected chi connectivity index (χ4v) is 0.427. The van der Waals surface area contributed by atoms with E-state index in [1.165, 1.54) is 0 Å². The lowest BCUT2D eigenvalue weighted by atomic mass is 10.3. The van der Waals surface area contributed by atoms with Crippen molar-refractivity contribution in [2.75, 3.05) is 5.73 Å². The highest BCUT2D eigenvalue weighted by Crippen LogP contribution is 2.01. The van der Waals surface area contributed by atoms with Gasteiger partial charge < -0.3 is 26.2 Å². The molecule has 1 rings (SSSR count). The molecule has 0 fully saturated rings. The standard InChI is InChI=1S/C4H4ClN3.2C4H10.2CH2O3/c5-3-1-2-4(6)8-7-3;2*1-4(2)3;2*2-1(3)4/h1-2H,(H2,6,8);2*4H,1-3H3;2*(H2,2,3,4). The van der Waals surface area contributed by atoms with E-state index in [1.54, 1.807) is 12.1 Å². The van der Waals surface area contributed by atoms with E-state index < -0.39 is 12.3 Å². The number of carbonyl (C=O) groups is 2. The maximum absolute atomic E-state index is 8.56. The Hall–Kier alpha value is -2.29. The minimum atomic E-state index is -1.83. The molecule has 0 radical (unpaired) electrons. The fraction of sp³-hybridized carbons (Fsp3) is 0.571. The quantitative estimate of drug-likeness (QED) is 0.442. The summed E-state index contributed by atoms with van der Waals surface area (Å²) in [4.78, 5) is 17.1. The highest BCUT2D eigenvalue weighted by atomic mass is 35.5. The molecule has 10 heteroatoms. The van der Waals surface area contributed by atoms with Gasteiger partial charge in [-0.1, -0.05) is 53.1 Å². The Kier molecular flexibility index (Phi) is 25.6. The van der Waals surface area contributed by atoms with E-state index >= 15 is 0 Å². The van der Waals surface area contributed by atoms with Gasteiger partial charge in [0.25, 0.3) is 0 Å². The number of rotatable bonds is 0. The Morgan fingerprint density at radius 3 is 1.25 bits per heavy atom. The molecule has 0 saturated carbocycles. The SMILES string of the molecule is CC(C)C.CC(C)C.Nc1ccc(Cl)nn1.O=C(O)O.O=C(O)O. The summed E-state index contributed by atoms with van der Waals surface area (Å²) in [6, 6.07) is 3.18. The van der Waals surface area contributed by atoms with Crippen molar-refractivity contribution in [1.82, 2.24) is 10.2 Å². The maximum atomic E-state index is 8.56. The minimum Gasteiger partial charge on any atom is -0.450 e. The van der Waals surface area contributed by atoms with Crippen LogP contribution in [0.4, 0.5) is 15.4 Å². The van der Waals surface area contributed by atoms with Crippen LogP contribution in [0.2, 0.25) is 5.15 Å². The third-order valence-electron chi connectivity index (χ3n) is 0.653. The molecule has 0 unspecified atom stereocenters. The largest absolute Gasteiger partial charge is 0.503 e. The van der Waals surface area contributed by atoms with Crippen LogP contribution in [0.1, 0.15) is 41.5 Å². The summed E-state index contributed by atoms with van der Waals surface area (Å²) in [5.74, 6) is 2.05. The van der Waals surface area contributed by atoms with Crippen molar-refractivity contribution in [2.45, 2.75) is 41.5 Å². The molecular weight excluding hydrogens is 342 g/mol. The number of hydrogen-bond donors (Lipinski definition) is 5. The van der Waals surface area contributed by atoms with Crippen molar-refractivity contribution in [3.63, 3.8) is 0 Å². The molecule has 0 spiro atoms. The molecule has 142 valence electrons. The van der Waals surface area contributed by atoms with Gasteiger partial charge in [-0.15, -0.1) is 10.2 Å². The lowest BCUT2D eigenvalue weighted by molar-refractivity contribution is 0.135. The lowest BCUT2D eigenvalue weighted by Crippen LogP contribution is -1.90. The predicted molar refractivity (Wildman–Crippen MR) is 93.8 cm³/mol. The highest BCUT2D eigenvalue weighted by Gasteiger charge is 1.85. The van der Waals surface area contributed by atoms with Gasteiger partial charge in [-0.25, -0.2) is 9.59 Å². The van der Waals surface area contributed by atoms with Crippen molar-refractivity contribution in [3.05, 3.63) is 17.3 Å². The Morgan fingerprint density at radius 1 is 0.875 bits per heavy atom. The van der Waals surface area contributed by atoms with Crippen LogP contribution in [0, 0.1) is 11.8 Å². The van der Waals surface area contributed by atoms with Gasteiger partial charge in [-0.3, -0.25) is 0 Å². The van der Waals surface area contributed by atoms with Crippen molar-refractivity contribution < 1.29 is 30.0 Å². The topological polar surface area (TPSA) is 167 Å². The molecule has 24 heavy (non-hydrogen) atoms. The van der Waals surface area contributed by atoms with Gasteiger partial charge in [0.15, 0.2) is 5.15 Å². The Bertz CT molecular complexity index is 361. The predicted octanol–water partition coefficient (Wildman–Crippen LogP) is 4.48. The third kappa shape index (κ3) is 116. The number of halogens is 1. The smallest absolute Gasteiger partial charge is 0.450 e. The molecule has 0 amide bonds. The number of nitrogens with two attached hydrogens (primary N) is 1. The molecule has 0 aliphatic heterocycles. The number of anilines is 1. The molecule has 0 bridgehead atoms. The average Bonchev–Trinajstić information content (AvgIpc) is 2.30. The molecule has 1 aromatic heterocycles. The summed E-state index contributed by atoms with van der Waals surface area (Å²) in [7, 11) is 0. The van der Waals surface area contributed by atoms with E-state index in [4.69, 9.17) is 47.3 Å². The van der Waals surface area contributed by atoms with E-state index in [9.17, 15) is 0 Å². The first-order valence-electron chi connectivity index (χ1n) is 6.80. The molecule has 1 aromatic rings. The van der Waals surface area contributed by atoms with Crippen molar-refractivity contribution in [2.24, 2.45) is 11.8 Å². The first-order chi connectivity index (χ1) is 10.7. The highest BCUT2D eigenvalue weighted by molar-refractivity contribution is 6.29. The van der Waals surface area contributed by atoms with Crippen molar-refractivity contribution in [3.8, 4) is 0 Å². The van der Waals surface area contributed by atoms with Gasteiger partial charge in [-0.05, 0) is 24.0 Å². The Labute approximate surface area is 147 Å². The van der Waals surface area contributed by atoms with Crippen LogP contribution in [-0.2, 0) is 0 Å². The van der Waals surface area contributed by atoms with Crippen LogP contribution in [0.3, 0.4) is 0 Å². The van der Waals surface area contributed by atoms with Crippen LogP contribution < -0.4 is 5.73 Å². The van der Waals surface area contributed by atoms with Gasteiger partial charge >= 0.3 is 12.3 Å². The summed E-state index contributed by atoms with van der Waals surface area (Å²) in [5.41, 5.74) is 5.19. The van der Waals surface area contributed by atoms with Crippen molar-refractivity contribution >= 4 is 29.7 Å². The second-order valence-corrected chi connectivity index (χ2v) is 5.70. The minimum absolute atomic E-state index is 0.360. The lowest BCUT2D eigenvalue weighted by Gasteiger charge is -1.86. The van der Waals surface area contributed by atoms with Crippen LogP contribution >= 0.6 is 11.6 Å². The van der Waals surface area contributed by atoms with Gasteiger partial charge in [-0.2, -0.15) is 0 Å². The second-order valence-electron chi connectivity index (χ2n) is 5.31. The number of nitrogens with zero attached hydrogens (tertiary/aromatic N) is 2. The summed E-state index contributed by atoms with van der Waals surface area (Å²) < 4.78 is 0. The monoisotopic (exact) mass is 369 g/mol. The molecule has 0 aliphatic rings. The van der Waals surface area contributed by atoms with E-state index in [2.05, 4.69) is 51.7 Å². The summed E-state index contributed by atoms with van der Waals surface area (Å²) in [6.07, 6.45) is -3.67. The van der Waals surface area contributed by atoms with Crippen LogP contribution in [0.5, 0.6) is 0 Å². The van der Waals surface area contributed by atoms with E-state index in [0.29, 0.717) is 11.0 Å². The van der Waals surface area contributed by atoms with Gasteiger partial charge in [0.2, 0.25) is 0 Å². The van der Waals surface area contributed by atoms with E-state index in [0.717, 1.165) is 11.8 Å². The van der Waals surface area contributed by atoms with E-state index in [1.807, 2.05) is 0 Å². The molecular formula is C14H28ClN3O6. The van der Waals surface area contributed by atoms with Gasteiger partial charge in [0.1, 0.15) is 5.82 Å². The molecule has 1 heterocycles. The zero-order chi connectivity index (χ0) is 20.3. The fourth-order valence-electron chi connectivity index (χ4n) is 0.326. The Morgan fingerprint density at radius 2 is 1.12 bits per heavy atom. The summed E-state index contributed by atoms with van der Waals surface area (Å²) in [5, 5.41) is 35.2.